The van der Waals surface area contributed by atoms with Gasteiger partial charge in [-0.1, -0.05) is 12.1 Å². The van der Waals surface area contributed by atoms with Crippen molar-refractivity contribution in [2.75, 3.05) is 45.8 Å². The van der Waals surface area contributed by atoms with Crippen molar-refractivity contribution in [1.29, 1.82) is 0 Å². The monoisotopic (exact) mass is 346 g/mol. The Kier molecular flexibility index (Phi) is 5.99. The van der Waals surface area contributed by atoms with E-state index in [1.165, 1.54) is 6.42 Å². The van der Waals surface area contributed by atoms with Crippen molar-refractivity contribution in [2.24, 2.45) is 0 Å². The summed E-state index contributed by atoms with van der Waals surface area (Å²) in [5.41, 5.74) is 1.22. The predicted octanol–water partition coefficient (Wildman–Crippen LogP) is 1.72. The van der Waals surface area contributed by atoms with Crippen LogP contribution in [-0.4, -0.2) is 71.3 Å². The van der Waals surface area contributed by atoms with Gasteiger partial charge in [0.2, 0.25) is 5.91 Å². The van der Waals surface area contributed by atoms with Crippen LogP contribution in [0, 0.1) is 10.1 Å². The molecule has 0 bridgehead atoms. The Morgan fingerprint density at radius 2 is 1.52 bits per heavy atom. The number of piperidine rings is 1. The van der Waals surface area contributed by atoms with Crippen molar-refractivity contribution in [3.63, 3.8) is 0 Å². The fourth-order valence-corrected chi connectivity index (χ4v) is 3.52. The minimum Gasteiger partial charge on any atom is -0.342 e. The molecule has 0 saturated carbocycles. The van der Waals surface area contributed by atoms with Crippen LogP contribution in [0.2, 0.25) is 0 Å². The van der Waals surface area contributed by atoms with Crippen molar-refractivity contribution >= 4 is 11.6 Å². The van der Waals surface area contributed by atoms with E-state index >= 15 is 0 Å². The molecule has 25 heavy (non-hydrogen) atoms. The molecule has 0 aliphatic carbocycles. The van der Waals surface area contributed by atoms with Gasteiger partial charge in [-0.25, -0.2) is 0 Å². The van der Waals surface area contributed by atoms with Gasteiger partial charge in [-0.3, -0.25) is 24.7 Å². The maximum absolute atomic E-state index is 12.3. The Hall–Kier alpha value is -1.99. The molecule has 0 N–H and O–H groups in total. The summed E-state index contributed by atoms with van der Waals surface area (Å²) in [7, 11) is 0. The first-order valence-corrected chi connectivity index (χ1v) is 9.07. The Bertz CT molecular complexity index is 591. The van der Waals surface area contributed by atoms with Gasteiger partial charge in [0.15, 0.2) is 0 Å². The molecule has 7 heteroatoms. The smallest absolute Gasteiger partial charge is 0.269 e. The second-order valence-electron chi connectivity index (χ2n) is 6.92. The molecule has 0 atom stereocenters. The largest absolute Gasteiger partial charge is 0.342 e. The first kappa shape index (κ1) is 17.8. The first-order chi connectivity index (χ1) is 12.1. The zero-order valence-electron chi connectivity index (χ0n) is 14.6. The van der Waals surface area contributed by atoms with Gasteiger partial charge in [0.1, 0.15) is 0 Å². The summed E-state index contributed by atoms with van der Waals surface area (Å²) in [6.07, 6.45) is 3.51. The molecule has 2 aliphatic rings. The second-order valence-corrected chi connectivity index (χ2v) is 6.92. The number of rotatable bonds is 5. The molecule has 7 nitrogen and oxygen atoms in total. The number of non-ortho nitro benzene ring substituents is 1. The quantitative estimate of drug-likeness (QED) is 0.600. The maximum Gasteiger partial charge on any atom is 0.269 e. The topological polar surface area (TPSA) is 69.9 Å². The van der Waals surface area contributed by atoms with Gasteiger partial charge in [-0.05, 0) is 24.8 Å². The van der Waals surface area contributed by atoms with Gasteiger partial charge in [0.25, 0.3) is 5.69 Å². The average molecular weight is 346 g/mol. The van der Waals surface area contributed by atoms with E-state index in [9.17, 15) is 14.9 Å². The van der Waals surface area contributed by atoms with Gasteiger partial charge >= 0.3 is 0 Å². The van der Waals surface area contributed by atoms with Crippen LogP contribution in [0.4, 0.5) is 5.69 Å². The average Bonchev–Trinajstić information content (AvgIpc) is 2.64. The molecule has 2 heterocycles. The Labute approximate surface area is 148 Å². The van der Waals surface area contributed by atoms with Crippen LogP contribution in [0.25, 0.3) is 0 Å². The van der Waals surface area contributed by atoms with Gasteiger partial charge in [-0.15, -0.1) is 0 Å². The van der Waals surface area contributed by atoms with Crippen molar-refractivity contribution in [1.82, 2.24) is 14.7 Å². The lowest BCUT2D eigenvalue weighted by atomic mass is 10.1. The van der Waals surface area contributed by atoms with Crippen LogP contribution in [0.3, 0.4) is 0 Å². The zero-order chi connectivity index (χ0) is 17.6. The number of piperazine rings is 1. The molecule has 0 spiro atoms. The highest BCUT2D eigenvalue weighted by Gasteiger charge is 2.22. The number of nitro groups is 1. The fourth-order valence-electron chi connectivity index (χ4n) is 3.52. The van der Waals surface area contributed by atoms with Crippen LogP contribution in [0.5, 0.6) is 0 Å². The van der Waals surface area contributed by atoms with Crippen LogP contribution >= 0.6 is 0 Å². The lowest BCUT2D eigenvalue weighted by Crippen LogP contribution is -2.50. The summed E-state index contributed by atoms with van der Waals surface area (Å²) < 4.78 is 0. The molecule has 0 aromatic heterocycles. The van der Waals surface area contributed by atoms with Crippen LogP contribution < -0.4 is 0 Å². The second kappa shape index (κ2) is 8.40. The lowest BCUT2D eigenvalue weighted by molar-refractivity contribution is -0.384. The molecule has 1 aromatic carbocycles. The standard InChI is InChI=1S/C18H26N4O3/c23-18(21-8-2-1-3-9-21)15-20-12-10-19(11-13-20)14-16-4-6-17(7-5-16)22(24)25/h4-7H,1-3,8-15H2. The third-order valence-electron chi connectivity index (χ3n) is 5.09. The van der Waals surface area contributed by atoms with Crippen molar-refractivity contribution < 1.29 is 9.72 Å². The third-order valence-corrected chi connectivity index (χ3v) is 5.09. The number of nitro benzene ring substituents is 1. The summed E-state index contributed by atoms with van der Waals surface area (Å²) in [5, 5.41) is 10.7. The molecule has 0 unspecified atom stereocenters. The molecular weight excluding hydrogens is 320 g/mol. The number of hydrogen-bond acceptors (Lipinski definition) is 5. The number of hydrogen-bond donors (Lipinski definition) is 0. The van der Waals surface area contributed by atoms with Gasteiger partial charge in [-0.2, -0.15) is 0 Å². The summed E-state index contributed by atoms with van der Waals surface area (Å²) in [5.74, 6) is 0.267. The minimum absolute atomic E-state index is 0.129. The maximum atomic E-state index is 12.3. The number of likely N-dealkylation sites (tertiary alicyclic amines) is 1. The Morgan fingerprint density at radius 3 is 2.12 bits per heavy atom. The van der Waals surface area contributed by atoms with Crippen LogP contribution in [0.1, 0.15) is 24.8 Å². The molecule has 136 valence electrons. The lowest BCUT2D eigenvalue weighted by Gasteiger charge is -2.36. The van der Waals surface area contributed by atoms with E-state index in [0.717, 1.165) is 64.2 Å². The van der Waals surface area contributed by atoms with E-state index in [1.807, 2.05) is 17.0 Å². The van der Waals surface area contributed by atoms with Gasteiger partial charge in [0.05, 0.1) is 11.5 Å². The van der Waals surface area contributed by atoms with Crippen molar-refractivity contribution in [3.05, 3.63) is 39.9 Å². The SMILES string of the molecule is O=C(CN1CCN(Cc2ccc([N+](=O)[O-])cc2)CC1)N1CCCCC1. The predicted molar refractivity (Wildman–Crippen MR) is 95.2 cm³/mol. The van der Waals surface area contributed by atoms with Gasteiger partial charge in [0, 0.05) is 57.9 Å². The summed E-state index contributed by atoms with van der Waals surface area (Å²) >= 11 is 0. The third kappa shape index (κ3) is 4.99. The van der Waals surface area contributed by atoms with Crippen LogP contribution in [-0.2, 0) is 11.3 Å². The number of nitrogens with zero attached hydrogens (tertiary/aromatic N) is 4. The van der Waals surface area contributed by atoms with E-state index in [0.29, 0.717) is 6.54 Å². The normalized spacial score (nSPS) is 19.8. The number of carbonyl (C=O) groups is 1. The van der Waals surface area contributed by atoms with Crippen LogP contribution in [0.15, 0.2) is 24.3 Å². The molecular formula is C18H26N4O3. The molecule has 1 aromatic rings. The number of benzene rings is 1. The summed E-state index contributed by atoms with van der Waals surface area (Å²) in [6, 6.07) is 6.76. The molecule has 0 radical (unpaired) electrons. The highest BCUT2D eigenvalue weighted by molar-refractivity contribution is 5.78. The van der Waals surface area contributed by atoms with E-state index < -0.39 is 0 Å². The van der Waals surface area contributed by atoms with Crippen molar-refractivity contribution in [3.8, 4) is 0 Å². The van der Waals surface area contributed by atoms with E-state index in [1.54, 1.807) is 12.1 Å². The molecule has 2 fully saturated rings. The highest BCUT2D eigenvalue weighted by atomic mass is 16.6. The van der Waals surface area contributed by atoms with Gasteiger partial charge < -0.3 is 4.90 Å². The summed E-state index contributed by atoms with van der Waals surface area (Å²) in [4.78, 5) is 29.3. The van der Waals surface area contributed by atoms with E-state index in [2.05, 4.69) is 9.80 Å². The molecule has 2 aliphatic heterocycles. The minimum atomic E-state index is -0.373. The van der Waals surface area contributed by atoms with Crippen molar-refractivity contribution in [2.45, 2.75) is 25.8 Å². The highest BCUT2D eigenvalue weighted by Crippen LogP contribution is 2.15. The van der Waals surface area contributed by atoms with E-state index in [-0.39, 0.29) is 16.5 Å². The van der Waals surface area contributed by atoms with E-state index in [4.69, 9.17) is 0 Å². The molecule has 3 rings (SSSR count). The summed E-state index contributed by atoms with van der Waals surface area (Å²) in [6.45, 7) is 6.79. The molecule has 1 amide bonds. The Balaban J connectivity index is 1.42. The number of carbonyl (C=O) groups excluding carboxylic acids is 1. The zero-order valence-corrected chi connectivity index (χ0v) is 14.6. The number of amides is 1. The first-order valence-electron chi connectivity index (χ1n) is 9.07. The fraction of sp³-hybridized carbons (Fsp3) is 0.611. The Morgan fingerprint density at radius 1 is 0.920 bits per heavy atom. The molecule has 2 saturated heterocycles.